The highest BCUT2D eigenvalue weighted by molar-refractivity contribution is 7.09. The van der Waals surface area contributed by atoms with Crippen LogP contribution in [0.5, 0.6) is 0 Å². The van der Waals surface area contributed by atoms with Crippen LogP contribution in [0, 0.1) is 5.92 Å². The van der Waals surface area contributed by atoms with Crippen molar-refractivity contribution >= 4 is 16.5 Å². The van der Waals surface area contributed by atoms with Crippen LogP contribution in [0.15, 0.2) is 6.20 Å². The van der Waals surface area contributed by atoms with Gasteiger partial charge in [0.1, 0.15) is 5.00 Å². The molecule has 3 nitrogen and oxygen atoms in total. The minimum absolute atomic E-state index is 0.635. The van der Waals surface area contributed by atoms with E-state index in [1.165, 1.54) is 37.2 Å². The van der Waals surface area contributed by atoms with Crippen LogP contribution in [0.4, 0.5) is 5.00 Å². The Balaban J connectivity index is 1.93. The maximum atomic E-state index is 3.84. The molecule has 72 valence electrons. The number of hydrogen-bond donors (Lipinski definition) is 1. The van der Waals surface area contributed by atoms with Crippen LogP contribution in [0.1, 0.15) is 32.6 Å². The predicted octanol–water partition coefficient (Wildman–Crippen LogP) is 2.53. The molecule has 1 saturated carbocycles. The summed E-state index contributed by atoms with van der Waals surface area (Å²) in [4.78, 5) is 0. The molecule has 1 aromatic rings. The van der Waals surface area contributed by atoms with Gasteiger partial charge in [-0.05, 0) is 18.8 Å². The smallest absolute Gasteiger partial charge is 0.130 e. The number of anilines is 1. The Morgan fingerprint density at radius 2 is 2.31 bits per heavy atom. The van der Waals surface area contributed by atoms with Crippen molar-refractivity contribution in [2.75, 3.05) is 5.32 Å². The first-order valence-electron chi connectivity index (χ1n) is 4.90. The second-order valence-corrected chi connectivity index (χ2v) is 4.58. The quantitative estimate of drug-likeness (QED) is 0.791. The van der Waals surface area contributed by atoms with Crippen molar-refractivity contribution in [3.8, 4) is 0 Å². The fourth-order valence-electron chi connectivity index (χ4n) is 1.94. The van der Waals surface area contributed by atoms with Crippen molar-refractivity contribution in [3.05, 3.63) is 6.20 Å². The van der Waals surface area contributed by atoms with Crippen LogP contribution in [0.3, 0.4) is 0 Å². The van der Waals surface area contributed by atoms with Gasteiger partial charge in [0.25, 0.3) is 0 Å². The molecule has 2 atom stereocenters. The van der Waals surface area contributed by atoms with Gasteiger partial charge in [-0.3, -0.25) is 0 Å². The molecule has 2 rings (SSSR count). The van der Waals surface area contributed by atoms with Crippen LogP contribution in [-0.4, -0.2) is 15.6 Å². The highest BCUT2D eigenvalue weighted by Crippen LogP contribution is 2.27. The third kappa shape index (κ3) is 2.18. The molecule has 0 saturated heterocycles. The standard InChI is InChI=1S/C9H15N3S/c1-7-4-2-3-5-8(7)11-9-6-10-12-13-9/h6-8,11H,2-5H2,1H3. The summed E-state index contributed by atoms with van der Waals surface area (Å²) in [6, 6.07) is 0.635. The first-order chi connectivity index (χ1) is 6.36. The van der Waals surface area contributed by atoms with Gasteiger partial charge in [-0.2, -0.15) is 0 Å². The SMILES string of the molecule is CC1CCCCC1Nc1cnns1. The van der Waals surface area contributed by atoms with Crippen molar-refractivity contribution in [1.29, 1.82) is 0 Å². The van der Waals surface area contributed by atoms with Gasteiger partial charge in [0.2, 0.25) is 0 Å². The number of rotatable bonds is 2. The Labute approximate surface area is 82.7 Å². The van der Waals surface area contributed by atoms with Crippen molar-refractivity contribution < 1.29 is 0 Å². The molecule has 4 heteroatoms. The van der Waals surface area contributed by atoms with Gasteiger partial charge in [0, 0.05) is 17.6 Å². The summed E-state index contributed by atoms with van der Waals surface area (Å²) in [6.07, 6.45) is 7.20. The maximum absolute atomic E-state index is 3.84. The Bertz CT molecular complexity index is 247. The molecule has 1 fully saturated rings. The van der Waals surface area contributed by atoms with Gasteiger partial charge >= 0.3 is 0 Å². The molecule has 1 heterocycles. The summed E-state index contributed by atoms with van der Waals surface area (Å²) in [6.45, 7) is 2.32. The Morgan fingerprint density at radius 1 is 1.46 bits per heavy atom. The van der Waals surface area contributed by atoms with E-state index in [1.54, 1.807) is 0 Å². The summed E-state index contributed by atoms with van der Waals surface area (Å²) in [5.74, 6) is 0.788. The van der Waals surface area contributed by atoms with E-state index < -0.39 is 0 Å². The summed E-state index contributed by atoms with van der Waals surface area (Å²) in [7, 11) is 0. The van der Waals surface area contributed by atoms with E-state index >= 15 is 0 Å². The molecular formula is C9H15N3S. The van der Waals surface area contributed by atoms with E-state index in [2.05, 4.69) is 21.8 Å². The van der Waals surface area contributed by atoms with Gasteiger partial charge in [-0.1, -0.05) is 24.3 Å². The molecular weight excluding hydrogens is 182 g/mol. The minimum Gasteiger partial charge on any atom is -0.371 e. The van der Waals surface area contributed by atoms with Gasteiger partial charge in [-0.25, -0.2) is 0 Å². The number of nitrogens with zero attached hydrogens (tertiary/aromatic N) is 2. The molecule has 13 heavy (non-hydrogen) atoms. The van der Waals surface area contributed by atoms with Crippen molar-refractivity contribution in [1.82, 2.24) is 9.59 Å². The lowest BCUT2D eigenvalue weighted by molar-refractivity contribution is 0.350. The van der Waals surface area contributed by atoms with E-state index in [-0.39, 0.29) is 0 Å². The van der Waals surface area contributed by atoms with Crippen LogP contribution in [0.2, 0.25) is 0 Å². The topological polar surface area (TPSA) is 37.8 Å². The first kappa shape index (κ1) is 8.94. The minimum atomic E-state index is 0.635. The fraction of sp³-hybridized carbons (Fsp3) is 0.778. The Hall–Kier alpha value is -0.640. The van der Waals surface area contributed by atoms with Crippen molar-refractivity contribution in [2.24, 2.45) is 5.92 Å². The Morgan fingerprint density at radius 3 is 3.00 bits per heavy atom. The lowest BCUT2D eigenvalue weighted by atomic mass is 9.86. The van der Waals surface area contributed by atoms with Gasteiger partial charge in [0.05, 0.1) is 6.20 Å². The van der Waals surface area contributed by atoms with Crippen molar-refractivity contribution in [3.63, 3.8) is 0 Å². The van der Waals surface area contributed by atoms with E-state index in [1.807, 2.05) is 6.20 Å². The number of aromatic nitrogens is 2. The fourth-order valence-corrected chi connectivity index (χ4v) is 2.42. The molecule has 0 amide bonds. The normalized spacial score (nSPS) is 28.7. The monoisotopic (exact) mass is 197 g/mol. The zero-order chi connectivity index (χ0) is 9.10. The van der Waals surface area contributed by atoms with Crippen molar-refractivity contribution in [2.45, 2.75) is 38.6 Å². The summed E-state index contributed by atoms with van der Waals surface area (Å²) in [5.41, 5.74) is 0. The van der Waals surface area contributed by atoms with E-state index in [4.69, 9.17) is 0 Å². The van der Waals surface area contributed by atoms with E-state index in [0.717, 1.165) is 10.9 Å². The lowest BCUT2D eigenvalue weighted by Gasteiger charge is -2.29. The molecule has 1 aliphatic carbocycles. The van der Waals surface area contributed by atoms with Gasteiger partial charge in [0.15, 0.2) is 0 Å². The van der Waals surface area contributed by atoms with Gasteiger partial charge in [-0.15, -0.1) is 5.10 Å². The molecule has 1 aliphatic rings. The van der Waals surface area contributed by atoms with Gasteiger partial charge < -0.3 is 5.32 Å². The Kier molecular flexibility index (Phi) is 2.78. The van der Waals surface area contributed by atoms with Crippen LogP contribution < -0.4 is 5.32 Å². The second-order valence-electron chi connectivity index (χ2n) is 3.79. The molecule has 0 spiro atoms. The average molecular weight is 197 g/mol. The summed E-state index contributed by atoms with van der Waals surface area (Å²) < 4.78 is 3.84. The summed E-state index contributed by atoms with van der Waals surface area (Å²) >= 11 is 1.45. The highest BCUT2D eigenvalue weighted by Gasteiger charge is 2.21. The number of hydrogen-bond acceptors (Lipinski definition) is 4. The zero-order valence-electron chi connectivity index (χ0n) is 7.86. The predicted molar refractivity (Wildman–Crippen MR) is 55.0 cm³/mol. The molecule has 0 bridgehead atoms. The highest BCUT2D eigenvalue weighted by atomic mass is 32.1. The summed E-state index contributed by atoms with van der Waals surface area (Å²) in [5, 5.41) is 8.43. The molecule has 0 aromatic carbocycles. The van der Waals surface area contributed by atoms with Crippen LogP contribution in [-0.2, 0) is 0 Å². The van der Waals surface area contributed by atoms with Crippen LogP contribution in [0.25, 0.3) is 0 Å². The van der Waals surface area contributed by atoms with E-state index in [0.29, 0.717) is 6.04 Å². The molecule has 1 N–H and O–H groups in total. The second kappa shape index (κ2) is 4.05. The largest absolute Gasteiger partial charge is 0.371 e. The van der Waals surface area contributed by atoms with Crippen LogP contribution >= 0.6 is 11.5 Å². The molecule has 0 aliphatic heterocycles. The third-order valence-electron chi connectivity index (χ3n) is 2.80. The number of nitrogens with one attached hydrogen (secondary N) is 1. The maximum Gasteiger partial charge on any atom is 0.130 e. The third-order valence-corrected chi connectivity index (χ3v) is 3.40. The molecule has 2 unspecified atom stereocenters. The molecule has 0 radical (unpaired) electrons. The zero-order valence-corrected chi connectivity index (χ0v) is 8.68. The lowest BCUT2D eigenvalue weighted by Crippen LogP contribution is -2.29. The first-order valence-corrected chi connectivity index (χ1v) is 5.67. The average Bonchev–Trinajstić information content (AvgIpc) is 2.61. The van der Waals surface area contributed by atoms with E-state index in [9.17, 15) is 0 Å². The molecule has 1 aromatic heterocycles.